The minimum absolute atomic E-state index is 0.0111. The van der Waals surface area contributed by atoms with Gasteiger partial charge in [0.15, 0.2) is 0 Å². The van der Waals surface area contributed by atoms with E-state index >= 15 is 0 Å². The summed E-state index contributed by atoms with van der Waals surface area (Å²) in [5.41, 5.74) is 6.05. The molecule has 2 N–H and O–H groups in total. The minimum Gasteiger partial charge on any atom is -0.382 e. The molecule has 0 radical (unpaired) electrons. The maximum atomic E-state index is 12.4. The molecule has 2 fully saturated rings. The second-order valence-electron chi connectivity index (χ2n) is 5.72. The van der Waals surface area contributed by atoms with Crippen LogP contribution in [0.2, 0.25) is 0 Å². The molecule has 2 aliphatic rings. The van der Waals surface area contributed by atoms with Gasteiger partial charge in [-0.05, 0) is 12.8 Å². The molecular formula is C14H18N6O. The lowest BCUT2D eigenvalue weighted by Crippen LogP contribution is -2.40. The SMILES string of the molecule is CN1C(=O)[C@@H]2CCC[C@H]1CN(c1ncc(C#N)c(N)n1)C2. The van der Waals surface area contributed by atoms with Crippen molar-refractivity contribution in [2.24, 2.45) is 5.92 Å². The number of anilines is 2. The van der Waals surface area contributed by atoms with E-state index in [-0.39, 0.29) is 29.2 Å². The summed E-state index contributed by atoms with van der Waals surface area (Å²) in [5.74, 6) is 0.896. The molecule has 7 heteroatoms. The summed E-state index contributed by atoms with van der Waals surface area (Å²) in [6, 6.07) is 2.15. The van der Waals surface area contributed by atoms with Crippen molar-refractivity contribution in [3.8, 4) is 6.07 Å². The van der Waals surface area contributed by atoms with Crippen molar-refractivity contribution in [3.63, 3.8) is 0 Å². The fourth-order valence-electron chi connectivity index (χ4n) is 3.15. The third kappa shape index (κ3) is 2.37. The Kier molecular flexibility index (Phi) is 3.37. The Hall–Kier alpha value is -2.36. The molecule has 2 atom stereocenters. The second-order valence-corrected chi connectivity index (χ2v) is 5.72. The van der Waals surface area contributed by atoms with Gasteiger partial charge in [0, 0.05) is 26.2 Å². The first-order valence-electron chi connectivity index (χ1n) is 7.14. The molecule has 3 heterocycles. The summed E-state index contributed by atoms with van der Waals surface area (Å²) in [6.45, 7) is 1.33. The van der Waals surface area contributed by atoms with Gasteiger partial charge >= 0.3 is 0 Å². The molecule has 1 aromatic rings. The molecule has 3 rings (SSSR count). The van der Waals surface area contributed by atoms with Crippen LogP contribution in [0.1, 0.15) is 24.8 Å². The summed E-state index contributed by atoms with van der Waals surface area (Å²) in [4.78, 5) is 24.7. The van der Waals surface area contributed by atoms with Crippen LogP contribution in [0.3, 0.4) is 0 Å². The fraction of sp³-hybridized carbons (Fsp3) is 0.571. The summed E-state index contributed by atoms with van der Waals surface area (Å²) in [7, 11) is 1.88. The normalized spacial score (nSPS) is 25.4. The number of hydrogen-bond acceptors (Lipinski definition) is 6. The third-order valence-electron chi connectivity index (χ3n) is 4.42. The molecule has 110 valence electrons. The van der Waals surface area contributed by atoms with Gasteiger partial charge in [0.2, 0.25) is 11.9 Å². The van der Waals surface area contributed by atoms with Crippen LogP contribution in [-0.2, 0) is 4.79 Å². The van der Waals surface area contributed by atoms with Gasteiger partial charge in [-0.15, -0.1) is 0 Å². The van der Waals surface area contributed by atoms with Crippen molar-refractivity contribution >= 4 is 17.7 Å². The topological polar surface area (TPSA) is 99.1 Å². The number of nitrogens with two attached hydrogens (primary N) is 1. The molecule has 21 heavy (non-hydrogen) atoms. The second kappa shape index (κ2) is 5.20. The number of amides is 1. The summed E-state index contributed by atoms with van der Waals surface area (Å²) >= 11 is 0. The Balaban J connectivity index is 1.92. The Bertz CT molecular complexity index is 610. The number of likely N-dealkylation sites (N-methyl/N-ethyl adjacent to an activating group) is 1. The highest BCUT2D eigenvalue weighted by Crippen LogP contribution is 2.28. The number of rotatable bonds is 1. The lowest BCUT2D eigenvalue weighted by molar-refractivity contribution is -0.134. The third-order valence-corrected chi connectivity index (χ3v) is 4.42. The number of carbonyl (C=O) groups is 1. The minimum atomic E-state index is -0.0111. The Morgan fingerprint density at radius 1 is 1.43 bits per heavy atom. The van der Waals surface area contributed by atoms with E-state index in [9.17, 15) is 4.79 Å². The highest BCUT2D eigenvalue weighted by atomic mass is 16.2. The Morgan fingerprint density at radius 2 is 2.24 bits per heavy atom. The van der Waals surface area contributed by atoms with Crippen LogP contribution in [-0.4, -0.2) is 47.0 Å². The maximum absolute atomic E-state index is 12.4. The molecule has 2 bridgehead atoms. The maximum Gasteiger partial charge on any atom is 0.227 e. The zero-order chi connectivity index (χ0) is 15.0. The Labute approximate surface area is 123 Å². The first-order chi connectivity index (χ1) is 10.1. The number of nitrogen functional groups attached to an aromatic ring is 1. The highest BCUT2D eigenvalue weighted by molar-refractivity contribution is 5.80. The van der Waals surface area contributed by atoms with Gasteiger partial charge in [-0.2, -0.15) is 10.2 Å². The molecule has 2 aliphatic heterocycles. The van der Waals surface area contributed by atoms with E-state index in [1.165, 1.54) is 6.20 Å². The number of fused-ring (bicyclic) bond motifs is 3. The van der Waals surface area contributed by atoms with E-state index in [1.54, 1.807) is 0 Å². The largest absolute Gasteiger partial charge is 0.382 e. The molecule has 7 nitrogen and oxygen atoms in total. The predicted octanol–water partition coefficient (Wildman–Crippen LogP) is 0.378. The van der Waals surface area contributed by atoms with E-state index in [0.717, 1.165) is 19.3 Å². The van der Waals surface area contributed by atoms with E-state index in [4.69, 9.17) is 11.0 Å². The smallest absolute Gasteiger partial charge is 0.227 e. The number of aromatic nitrogens is 2. The van der Waals surface area contributed by atoms with Crippen LogP contribution in [0, 0.1) is 17.2 Å². The summed E-state index contributed by atoms with van der Waals surface area (Å²) in [6.07, 6.45) is 4.43. The van der Waals surface area contributed by atoms with Crippen LogP contribution in [0.4, 0.5) is 11.8 Å². The molecule has 0 spiro atoms. The number of nitrogens with zero attached hydrogens (tertiary/aromatic N) is 5. The van der Waals surface area contributed by atoms with Crippen LogP contribution >= 0.6 is 0 Å². The molecule has 0 saturated carbocycles. The van der Waals surface area contributed by atoms with Gasteiger partial charge in [-0.25, -0.2) is 4.98 Å². The van der Waals surface area contributed by atoms with Crippen LogP contribution < -0.4 is 10.6 Å². The van der Waals surface area contributed by atoms with Crippen molar-refractivity contribution in [1.82, 2.24) is 14.9 Å². The number of carbonyl (C=O) groups excluding carboxylic acids is 1. The molecule has 0 unspecified atom stereocenters. The van der Waals surface area contributed by atoms with Crippen molar-refractivity contribution in [2.45, 2.75) is 25.3 Å². The van der Waals surface area contributed by atoms with E-state index in [1.807, 2.05) is 22.9 Å². The fourth-order valence-corrected chi connectivity index (χ4v) is 3.15. The van der Waals surface area contributed by atoms with Crippen molar-refractivity contribution < 1.29 is 4.79 Å². The number of nitriles is 1. The van der Waals surface area contributed by atoms with Crippen LogP contribution in [0.5, 0.6) is 0 Å². The molecule has 1 amide bonds. The molecular weight excluding hydrogens is 268 g/mol. The Morgan fingerprint density at radius 3 is 2.95 bits per heavy atom. The van der Waals surface area contributed by atoms with Gasteiger partial charge in [0.25, 0.3) is 0 Å². The van der Waals surface area contributed by atoms with E-state index < -0.39 is 0 Å². The quantitative estimate of drug-likeness (QED) is 0.801. The van der Waals surface area contributed by atoms with Gasteiger partial charge < -0.3 is 15.5 Å². The van der Waals surface area contributed by atoms with Gasteiger partial charge in [-0.3, -0.25) is 4.79 Å². The van der Waals surface area contributed by atoms with Gasteiger partial charge in [-0.1, -0.05) is 6.42 Å². The monoisotopic (exact) mass is 286 g/mol. The molecule has 0 aliphatic carbocycles. The predicted molar refractivity (Wildman–Crippen MR) is 77.3 cm³/mol. The molecule has 2 saturated heterocycles. The van der Waals surface area contributed by atoms with Crippen molar-refractivity contribution in [1.29, 1.82) is 5.26 Å². The summed E-state index contributed by atoms with van der Waals surface area (Å²) < 4.78 is 0. The van der Waals surface area contributed by atoms with Crippen molar-refractivity contribution in [2.75, 3.05) is 30.8 Å². The van der Waals surface area contributed by atoms with Crippen LogP contribution in [0.15, 0.2) is 6.20 Å². The van der Waals surface area contributed by atoms with Crippen molar-refractivity contribution in [3.05, 3.63) is 11.8 Å². The molecule has 0 aromatic carbocycles. The highest BCUT2D eigenvalue weighted by Gasteiger charge is 2.37. The number of hydrogen-bond donors (Lipinski definition) is 1. The van der Waals surface area contributed by atoms with E-state index in [2.05, 4.69) is 9.97 Å². The molecule has 1 aromatic heterocycles. The standard InChI is InChI=1S/C14H18N6O/c1-19-11-4-2-3-9(13(19)21)7-20(8-11)14-17-6-10(5-15)12(16)18-14/h6,9,11H,2-4,7-8H2,1H3,(H2,16,17,18)/t9-,11+/m1/s1. The first-order valence-corrected chi connectivity index (χ1v) is 7.14. The zero-order valence-corrected chi connectivity index (χ0v) is 12.0. The summed E-state index contributed by atoms with van der Waals surface area (Å²) in [5, 5.41) is 8.89. The first kappa shape index (κ1) is 13.6. The van der Waals surface area contributed by atoms with Gasteiger partial charge in [0.05, 0.1) is 12.1 Å². The van der Waals surface area contributed by atoms with Crippen LogP contribution in [0.25, 0.3) is 0 Å². The lowest BCUT2D eigenvalue weighted by Gasteiger charge is -2.29. The van der Waals surface area contributed by atoms with E-state index in [0.29, 0.717) is 19.0 Å². The lowest BCUT2D eigenvalue weighted by atomic mass is 9.99. The average Bonchev–Trinajstić information content (AvgIpc) is 2.65. The average molecular weight is 286 g/mol. The van der Waals surface area contributed by atoms with Gasteiger partial charge in [0.1, 0.15) is 17.5 Å². The zero-order valence-electron chi connectivity index (χ0n) is 12.0.